The van der Waals surface area contributed by atoms with E-state index in [1.165, 1.54) is 45.0 Å². The molecule has 2 fully saturated rings. The highest BCUT2D eigenvalue weighted by Gasteiger charge is 2.47. The number of nitrogens with zero attached hydrogens (tertiary/aromatic N) is 5. The number of aromatic nitrogens is 2. The summed E-state index contributed by atoms with van der Waals surface area (Å²) in [4.78, 5) is 59.9. The Balaban J connectivity index is 1.30. The van der Waals surface area contributed by atoms with Gasteiger partial charge in [0.25, 0.3) is 5.91 Å². The lowest BCUT2D eigenvalue weighted by Gasteiger charge is -2.51. The van der Waals surface area contributed by atoms with Gasteiger partial charge >= 0.3 is 6.16 Å². The van der Waals surface area contributed by atoms with Crippen LogP contribution in [0.3, 0.4) is 0 Å². The van der Waals surface area contributed by atoms with Crippen LogP contribution in [0.15, 0.2) is 59.0 Å². The molecule has 4 aliphatic rings. The lowest BCUT2D eigenvalue weighted by Crippen LogP contribution is -2.66. The molecule has 2 aromatic heterocycles. The Morgan fingerprint density at radius 2 is 1.87 bits per heavy atom. The zero-order valence-electron chi connectivity index (χ0n) is 24.7. The van der Waals surface area contributed by atoms with Crippen molar-refractivity contribution in [2.75, 3.05) is 37.9 Å². The average Bonchev–Trinajstić information content (AvgIpc) is 3.48. The molecule has 12 nitrogen and oxygen atoms in total. The second-order valence-electron chi connectivity index (χ2n) is 11.5. The molecule has 0 N–H and O–H groups in total. The van der Waals surface area contributed by atoms with Gasteiger partial charge in [-0.15, -0.1) is 11.3 Å². The molecule has 240 valence electrons. The molecule has 1 aliphatic carbocycles. The highest BCUT2D eigenvalue weighted by atomic mass is 32.1. The van der Waals surface area contributed by atoms with Gasteiger partial charge in [-0.3, -0.25) is 24.1 Å². The Labute approximate surface area is 269 Å². The summed E-state index contributed by atoms with van der Waals surface area (Å²) in [5, 5.41) is 1.76. The van der Waals surface area contributed by atoms with E-state index in [1.54, 1.807) is 10.5 Å². The molecule has 5 heterocycles. The molecule has 0 saturated carbocycles. The summed E-state index contributed by atoms with van der Waals surface area (Å²) >= 11 is 1.29. The van der Waals surface area contributed by atoms with Crippen molar-refractivity contribution in [3.8, 4) is 27.4 Å². The van der Waals surface area contributed by atoms with Gasteiger partial charge in [-0.25, -0.2) is 18.6 Å². The fraction of sp³-hybridized carbons (Fsp3) is 0.281. The van der Waals surface area contributed by atoms with Gasteiger partial charge in [0.1, 0.15) is 12.3 Å². The van der Waals surface area contributed by atoms with E-state index in [0.717, 1.165) is 17.7 Å². The van der Waals surface area contributed by atoms with Crippen LogP contribution in [-0.4, -0.2) is 82.5 Å². The molecule has 2 unspecified atom stereocenters. The minimum absolute atomic E-state index is 0.0228. The first kappa shape index (κ1) is 29.3. The monoisotopic (exact) mass is 661 g/mol. The van der Waals surface area contributed by atoms with Crippen LogP contribution < -0.4 is 15.2 Å². The van der Waals surface area contributed by atoms with Gasteiger partial charge in [-0.05, 0) is 22.8 Å². The maximum atomic E-state index is 15.9. The molecule has 2 saturated heterocycles. The number of morpholine rings is 1. The van der Waals surface area contributed by atoms with Gasteiger partial charge in [-0.1, -0.05) is 30.3 Å². The number of carbonyl (C=O) groups excluding carboxylic acids is 3. The number of pyridine rings is 1. The Morgan fingerprint density at radius 1 is 1.06 bits per heavy atom. The molecule has 0 spiro atoms. The van der Waals surface area contributed by atoms with E-state index in [1.807, 2.05) is 24.3 Å². The van der Waals surface area contributed by atoms with Crippen LogP contribution in [0.5, 0.6) is 5.75 Å². The molecule has 8 rings (SSSR count). The highest BCUT2D eigenvalue weighted by Crippen LogP contribution is 2.50. The number of hydrogen-bond acceptors (Lipinski definition) is 10. The van der Waals surface area contributed by atoms with E-state index in [9.17, 15) is 23.6 Å². The van der Waals surface area contributed by atoms with Gasteiger partial charge in [0.2, 0.25) is 17.1 Å². The summed E-state index contributed by atoms with van der Waals surface area (Å²) in [6.07, 6.45) is -1.21. The van der Waals surface area contributed by atoms with Crippen molar-refractivity contribution in [1.29, 1.82) is 0 Å². The summed E-state index contributed by atoms with van der Waals surface area (Å²) in [5.74, 6) is -3.42. The first-order valence-corrected chi connectivity index (χ1v) is 15.7. The zero-order chi connectivity index (χ0) is 32.6. The van der Waals surface area contributed by atoms with Gasteiger partial charge in [0.15, 0.2) is 17.3 Å². The SMILES string of the molecule is CC(=O)N1CC(OC(=O)Oc2c3n(ccc2=O)N(C2c4ccccc4-c4scnc4-c4c2ccc(F)c4F)C2COCCN2C3=O)C1. The largest absolute Gasteiger partial charge is 0.514 e. The lowest BCUT2D eigenvalue weighted by molar-refractivity contribution is -0.139. The van der Waals surface area contributed by atoms with Crippen LogP contribution >= 0.6 is 11.3 Å². The lowest BCUT2D eigenvalue weighted by atomic mass is 9.92. The quantitative estimate of drug-likeness (QED) is 0.304. The Bertz CT molecular complexity index is 2040. The van der Waals surface area contributed by atoms with Crippen molar-refractivity contribution >= 4 is 29.3 Å². The maximum Gasteiger partial charge on any atom is 0.514 e. The second kappa shape index (κ2) is 11.0. The predicted molar refractivity (Wildman–Crippen MR) is 162 cm³/mol. The molecule has 2 amide bonds. The summed E-state index contributed by atoms with van der Waals surface area (Å²) in [7, 11) is 0. The summed E-state index contributed by atoms with van der Waals surface area (Å²) in [6, 6.07) is 10.2. The molecule has 2 aromatic carbocycles. The van der Waals surface area contributed by atoms with Gasteiger partial charge in [0, 0.05) is 31.3 Å². The number of hydrogen-bond donors (Lipinski definition) is 0. The van der Waals surface area contributed by atoms with Gasteiger partial charge in [-0.2, -0.15) is 0 Å². The van der Waals surface area contributed by atoms with Crippen LogP contribution in [0.1, 0.15) is 34.6 Å². The smallest absolute Gasteiger partial charge is 0.427 e. The van der Waals surface area contributed by atoms with E-state index in [-0.39, 0.29) is 55.7 Å². The van der Waals surface area contributed by atoms with E-state index in [0.29, 0.717) is 16.0 Å². The molecule has 3 aliphatic heterocycles. The number of halogens is 2. The number of ether oxygens (including phenoxy) is 3. The number of benzene rings is 2. The Kier molecular flexibility index (Phi) is 6.84. The van der Waals surface area contributed by atoms with Crippen molar-refractivity contribution in [3.05, 3.63) is 92.9 Å². The summed E-state index contributed by atoms with van der Waals surface area (Å²) in [5.41, 5.74) is 2.66. The van der Waals surface area contributed by atoms with Crippen molar-refractivity contribution < 1.29 is 37.4 Å². The van der Waals surface area contributed by atoms with Gasteiger partial charge < -0.3 is 24.0 Å². The third kappa shape index (κ3) is 4.52. The first-order chi connectivity index (χ1) is 22.7. The average molecular weight is 662 g/mol. The molecule has 15 heteroatoms. The fourth-order valence-corrected chi connectivity index (χ4v) is 7.52. The van der Waals surface area contributed by atoms with E-state index in [2.05, 4.69) is 4.98 Å². The Morgan fingerprint density at radius 3 is 2.68 bits per heavy atom. The number of amides is 2. The molecule has 47 heavy (non-hydrogen) atoms. The summed E-state index contributed by atoms with van der Waals surface area (Å²) < 4.78 is 48.8. The number of likely N-dealkylation sites (tertiary alicyclic amines) is 1. The third-order valence-corrected chi connectivity index (χ3v) is 9.75. The minimum Gasteiger partial charge on any atom is -0.427 e. The second-order valence-corrected chi connectivity index (χ2v) is 12.4. The Hall–Kier alpha value is -5.15. The zero-order valence-corrected chi connectivity index (χ0v) is 25.5. The van der Waals surface area contributed by atoms with Crippen LogP contribution in [0.4, 0.5) is 13.6 Å². The number of rotatable bonds is 3. The predicted octanol–water partition coefficient (Wildman–Crippen LogP) is 3.52. The van der Waals surface area contributed by atoms with Crippen LogP contribution in [0.25, 0.3) is 21.7 Å². The molecule has 2 atom stereocenters. The fourth-order valence-electron chi connectivity index (χ4n) is 6.68. The van der Waals surface area contributed by atoms with Crippen molar-refractivity contribution in [2.24, 2.45) is 0 Å². The van der Waals surface area contributed by atoms with E-state index < -0.39 is 53.2 Å². The van der Waals surface area contributed by atoms with Gasteiger partial charge in [0.05, 0.1) is 48.4 Å². The van der Waals surface area contributed by atoms with Crippen LogP contribution in [-0.2, 0) is 14.3 Å². The standard InChI is InChI=1S/C32H25F2N5O7S/c1-16(40)36-12-17(13-36)45-32(43)46-29-22(41)8-9-38-28(29)31(42)37-10-11-44-14-23(37)39(38)27-18-4-2-3-5-19(18)30-26(35-15-47-30)24-20(27)6-7-21(33)25(24)34/h2-9,15,17,23,27H,10-14H2,1H3. The minimum atomic E-state index is -1.20. The molecular formula is C32H25F2N5O7S. The normalized spacial score (nSPS) is 19.8. The van der Waals surface area contributed by atoms with Crippen LogP contribution in [0.2, 0.25) is 0 Å². The van der Waals surface area contributed by atoms with Crippen LogP contribution in [0, 0.1) is 11.6 Å². The molecular weight excluding hydrogens is 636 g/mol. The topological polar surface area (TPSA) is 124 Å². The number of thiazole rings is 1. The number of fused-ring (bicyclic) bond motifs is 7. The molecule has 0 radical (unpaired) electrons. The van der Waals surface area contributed by atoms with E-state index in [4.69, 9.17) is 14.2 Å². The van der Waals surface area contributed by atoms with Crippen molar-refractivity contribution in [3.63, 3.8) is 0 Å². The molecule has 4 aromatic rings. The number of carbonyl (C=O) groups is 3. The highest BCUT2D eigenvalue weighted by molar-refractivity contribution is 7.13. The maximum absolute atomic E-state index is 15.9. The molecule has 0 bridgehead atoms. The first-order valence-electron chi connectivity index (χ1n) is 14.8. The van der Waals surface area contributed by atoms with Crippen molar-refractivity contribution in [1.82, 2.24) is 19.5 Å². The van der Waals surface area contributed by atoms with Crippen molar-refractivity contribution in [2.45, 2.75) is 25.2 Å². The third-order valence-electron chi connectivity index (χ3n) is 8.89. The summed E-state index contributed by atoms with van der Waals surface area (Å²) in [6.45, 7) is 2.16. The van der Waals surface area contributed by atoms with E-state index >= 15 is 4.39 Å².